The molecule has 0 aliphatic carbocycles. The van der Waals surface area contributed by atoms with Crippen molar-refractivity contribution in [2.75, 3.05) is 19.7 Å². The van der Waals surface area contributed by atoms with Gasteiger partial charge in [-0.2, -0.15) is 0 Å². The van der Waals surface area contributed by atoms with Crippen LogP contribution in [0, 0.1) is 0 Å². The summed E-state index contributed by atoms with van der Waals surface area (Å²) in [7, 11) is 0. The highest BCUT2D eigenvalue weighted by molar-refractivity contribution is 4.84. The van der Waals surface area contributed by atoms with Crippen LogP contribution in [-0.2, 0) is 4.74 Å². The molecular weight excluding hydrogens is 126 g/mol. The Morgan fingerprint density at radius 2 is 1.90 bits per heavy atom. The molecule has 10 heavy (non-hydrogen) atoms. The standard InChI is InChI=1S/C8H13NO/c1-3-5-9(6-4-2)8-7-10-8/h3-4,8H,1-2,5-7H2. The maximum atomic E-state index is 5.11. The van der Waals surface area contributed by atoms with Crippen LogP contribution in [0.15, 0.2) is 25.3 Å². The lowest BCUT2D eigenvalue weighted by molar-refractivity contribution is 0.210. The van der Waals surface area contributed by atoms with E-state index < -0.39 is 0 Å². The lowest BCUT2D eigenvalue weighted by atomic mass is 10.4. The molecule has 1 atom stereocenters. The summed E-state index contributed by atoms with van der Waals surface area (Å²) in [6.07, 6.45) is 4.09. The highest BCUT2D eigenvalue weighted by atomic mass is 16.6. The van der Waals surface area contributed by atoms with Crippen LogP contribution in [-0.4, -0.2) is 30.8 Å². The number of nitrogens with zero attached hydrogens (tertiary/aromatic N) is 1. The normalized spacial score (nSPS) is 22.7. The second kappa shape index (κ2) is 3.54. The van der Waals surface area contributed by atoms with Crippen LogP contribution < -0.4 is 0 Å². The maximum absolute atomic E-state index is 5.11. The molecule has 2 nitrogen and oxygen atoms in total. The Morgan fingerprint density at radius 1 is 1.40 bits per heavy atom. The smallest absolute Gasteiger partial charge is 0.135 e. The molecule has 0 aromatic carbocycles. The SMILES string of the molecule is C=CCN(CC=C)C1CO1. The zero-order valence-corrected chi connectivity index (χ0v) is 6.12. The van der Waals surface area contributed by atoms with Gasteiger partial charge in [-0.3, -0.25) is 4.90 Å². The zero-order chi connectivity index (χ0) is 7.40. The van der Waals surface area contributed by atoms with Crippen LogP contribution in [0.1, 0.15) is 0 Å². The lowest BCUT2D eigenvalue weighted by Gasteiger charge is -2.14. The van der Waals surface area contributed by atoms with E-state index in [1.54, 1.807) is 0 Å². The second-order valence-electron chi connectivity index (χ2n) is 2.32. The van der Waals surface area contributed by atoms with Gasteiger partial charge in [-0.05, 0) is 0 Å². The molecule has 0 aromatic heterocycles. The highest BCUT2D eigenvalue weighted by Gasteiger charge is 2.28. The third kappa shape index (κ3) is 1.97. The van der Waals surface area contributed by atoms with Crippen LogP contribution in [0.4, 0.5) is 0 Å². The van der Waals surface area contributed by atoms with Crippen molar-refractivity contribution in [1.82, 2.24) is 4.90 Å². The first-order valence-corrected chi connectivity index (χ1v) is 3.46. The van der Waals surface area contributed by atoms with Crippen molar-refractivity contribution < 1.29 is 4.74 Å². The van der Waals surface area contributed by atoms with Gasteiger partial charge in [0.25, 0.3) is 0 Å². The molecule has 0 saturated carbocycles. The molecule has 1 aliphatic rings. The van der Waals surface area contributed by atoms with Crippen molar-refractivity contribution in [3.8, 4) is 0 Å². The van der Waals surface area contributed by atoms with Gasteiger partial charge < -0.3 is 4.74 Å². The maximum Gasteiger partial charge on any atom is 0.135 e. The molecule has 0 N–H and O–H groups in total. The van der Waals surface area contributed by atoms with E-state index in [0.29, 0.717) is 6.23 Å². The summed E-state index contributed by atoms with van der Waals surface area (Å²) in [5, 5.41) is 0. The number of epoxide rings is 1. The van der Waals surface area contributed by atoms with Gasteiger partial charge in [-0.15, -0.1) is 13.2 Å². The molecule has 0 bridgehead atoms. The Morgan fingerprint density at radius 3 is 2.20 bits per heavy atom. The molecule has 1 saturated heterocycles. The Kier molecular flexibility index (Phi) is 2.66. The van der Waals surface area contributed by atoms with E-state index in [0.717, 1.165) is 19.7 Å². The predicted molar refractivity (Wildman–Crippen MR) is 41.7 cm³/mol. The molecule has 0 radical (unpaired) electrons. The van der Waals surface area contributed by atoms with Crippen molar-refractivity contribution in [3.05, 3.63) is 25.3 Å². The van der Waals surface area contributed by atoms with Crippen molar-refractivity contribution in [2.24, 2.45) is 0 Å². The Balaban J connectivity index is 2.25. The Bertz CT molecular complexity index is 119. The van der Waals surface area contributed by atoms with Gasteiger partial charge in [0.1, 0.15) is 6.23 Å². The highest BCUT2D eigenvalue weighted by Crippen LogP contribution is 2.14. The third-order valence-electron chi connectivity index (χ3n) is 1.45. The fourth-order valence-electron chi connectivity index (χ4n) is 0.895. The van der Waals surface area contributed by atoms with E-state index >= 15 is 0 Å². The molecular formula is C8H13NO. The van der Waals surface area contributed by atoms with E-state index in [2.05, 4.69) is 18.1 Å². The molecule has 0 spiro atoms. The third-order valence-corrected chi connectivity index (χ3v) is 1.45. The first-order valence-electron chi connectivity index (χ1n) is 3.46. The molecule has 0 amide bonds. The van der Waals surface area contributed by atoms with Crippen LogP contribution in [0.2, 0.25) is 0 Å². The van der Waals surface area contributed by atoms with Crippen molar-refractivity contribution in [1.29, 1.82) is 0 Å². The number of ether oxygens (including phenoxy) is 1. The van der Waals surface area contributed by atoms with Crippen LogP contribution in [0.3, 0.4) is 0 Å². The second-order valence-corrected chi connectivity index (χ2v) is 2.32. The monoisotopic (exact) mass is 139 g/mol. The molecule has 0 aromatic rings. The summed E-state index contributed by atoms with van der Waals surface area (Å²) >= 11 is 0. The number of hydrogen-bond acceptors (Lipinski definition) is 2. The van der Waals surface area contributed by atoms with Crippen molar-refractivity contribution in [2.45, 2.75) is 6.23 Å². The molecule has 2 heteroatoms. The zero-order valence-electron chi connectivity index (χ0n) is 6.12. The summed E-state index contributed by atoms with van der Waals surface area (Å²) in [4.78, 5) is 2.18. The van der Waals surface area contributed by atoms with Gasteiger partial charge in [0.2, 0.25) is 0 Å². The average molecular weight is 139 g/mol. The largest absolute Gasteiger partial charge is 0.357 e. The van der Waals surface area contributed by atoms with Gasteiger partial charge in [0.15, 0.2) is 0 Å². The summed E-state index contributed by atoms with van der Waals surface area (Å²) < 4.78 is 5.11. The molecule has 56 valence electrons. The summed E-state index contributed by atoms with van der Waals surface area (Å²) in [6, 6.07) is 0. The van der Waals surface area contributed by atoms with Gasteiger partial charge in [-0.1, -0.05) is 12.2 Å². The van der Waals surface area contributed by atoms with Crippen LogP contribution in [0.5, 0.6) is 0 Å². The van der Waals surface area contributed by atoms with E-state index in [9.17, 15) is 0 Å². The molecule has 1 aliphatic heterocycles. The predicted octanol–water partition coefficient (Wildman–Crippen LogP) is 1.02. The fourth-order valence-corrected chi connectivity index (χ4v) is 0.895. The van der Waals surface area contributed by atoms with Gasteiger partial charge in [0, 0.05) is 13.1 Å². The summed E-state index contributed by atoms with van der Waals surface area (Å²) in [6.45, 7) is 9.96. The first kappa shape index (κ1) is 7.51. The quantitative estimate of drug-likeness (QED) is 0.417. The molecule has 1 rings (SSSR count). The molecule has 1 fully saturated rings. The molecule has 1 unspecified atom stereocenters. The fraction of sp³-hybridized carbons (Fsp3) is 0.500. The number of hydrogen-bond donors (Lipinski definition) is 0. The minimum absolute atomic E-state index is 0.330. The van der Waals surface area contributed by atoms with E-state index in [-0.39, 0.29) is 0 Å². The van der Waals surface area contributed by atoms with E-state index in [1.807, 2.05) is 12.2 Å². The lowest BCUT2D eigenvalue weighted by Crippen LogP contribution is -2.26. The van der Waals surface area contributed by atoms with Crippen LogP contribution in [0.25, 0.3) is 0 Å². The molecule has 1 heterocycles. The van der Waals surface area contributed by atoms with Gasteiger partial charge in [0.05, 0.1) is 6.61 Å². The Hall–Kier alpha value is -0.600. The van der Waals surface area contributed by atoms with Crippen molar-refractivity contribution in [3.63, 3.8) is 0 Å². The first-order chi connectivity index (χ1) is 4.88. The number of rotatable bonds is 5. The van der Waals surface area contributed by atoms with Crippen molar-refractivity contribution >= 4 is 0 Å². The average Bonchev–Trinajstić information content (AvgIpc) is 2.69. The van der Waals surface area contributed by atoms with Crippen LogP contribution >= 0.6 is 0 Å². The van der Waals surface area contributed by atoms with Gasteiger partial charge >= 0.3 is 0 Å². The summed E-state index contributed by atoms with van der Waals surface area (Å²) in [5.74, 6) is 0. The van der Waals surface area contributed by atoms with E-state index in [4.69, 9.17) is 4.74 Å². The van der Waals surface area contributed by atoms with Gasteiger partial charge in [-0.25, -0.2) is 0 Å². The Labute approximate surface area is 61.8 Å². The summed E-state index contributed by atoms with van der Waals surface area (Å²) in [5.41, 5.74) is 0. The minimum atomic E-state index is 0.330. The van der Waals surface area contributed by atoms with E-state index in [1.165, 1.54) is 0 Å². The minimum Gasteiger partial charge on any atom is -0.357 e. The topological polar surface area (TPSA) is 15.8 Å².